The molecular formula is C20H24N2O3. The molecule has 0 radical (unpaired) electrons. The lowest BCUT2D eigenvalue weighted by Gasteiger charge is -2.23. The highest BCUT2D eigenvalue weighted by molar-refractivity contribution is 6.10. The van der Waals surface area contributed by atoms with Crippen molar-refractivity contribution in [3.8, 4) is 11.5 Å². The van der Waals surface area contributed by atoms with Crippen LogP contribution in [0.5, 0.6) is 11.5 Å². The molecule has 0 heterocycles. The molecule has 2 aromatic rings. The fraction of sp³-hybridized carbons (Fsp3) is 0.300. The van der Waals surface area contributed by atoms with Crippen molar-refractivity contribution in [3.63, 3.8) is 0 Å². The lowest BCUT2D eigenvalue weighted by atomic mass is 9.91. The molecule has 132 valence electrons. The van der Waals surface area contributed by atoms with Gasteiger partial charge in [0.15, 0.2) is 5.75 Å². The van der Waals surface area contributed by atoms with E-state index in [1.165, 1.54) is 0 Å². The quantitative estimate of drug-likeness (QED) is 0.750. The monoisotopic (exact) mass is 340 g/mol. The topological polar surface area (TPSA) is 67.4 Å². The molecule has 25 heavy (non-hydrogen) atoms. The van der Waals surface area contributed by atoms with Crippen molar-refractivity contribution < 1.29 is 14.3 Å². The summed E-state index contributed by atoms with van der Waals surface area (Å²) in [5.41, 5.74) is -0.664. The normalized spacial score (nSPS) is 10.8. The Bertz CT molecular complexity index is 727. The zero-order valence-corrected chi connectivity index (χ0v) is 14.8. The summed E-state index contributed by atoms with van der Waals surface area (Å²) in [7, 11) is 0. The SMILES string of the molecule is CCCNC(=O)C(C)(C)C(=O)Nc1ccccc1Oc1ccccc1. The molecule has 0 unspecified atom stereocenters. The van der Waals surface area contributed by atoms with Crippen LogP contribution in [-0.2, 0) is 9.59 Å². The molecule has 0 aliphatic rings. The molecule has 0 atom stereocenters. The van der Waals surface area contributed by atoms with E-state index in [4.69, 9.17) is 4.74 Å². The summed E-state index contributed by atoms with van der Waals surface area (Å²) in [5.74, 6) is 0.509. The fourth-order valence-corrected chi connectivity index (χ4v) is 2.12. The third-order valence-electron chi connectivity index (χ3n) is 3.78. The van der Waals surface area contributed by atoms with Crippen molar-refractivity contribution in [1.29, 1.82) is 0 Å². The van der Waals surface area contributed by atoms with Crippen molar-refractivity contribution >= 4 is 17.5 Å². The number of carbonyl (C=O) groups is 2. The molecule has 0 aliphatic heterocycles. The van der Waals surface area contributed by atoms with Crippen LogP contribution in [0.2, 0.25) is 0 Å². The number of anilines is 1. The Hall–Kier alpha value is -2.82. The van der Waals surface area contributed by atoms with Gasteiger partial charge in [0.25, 0.3) is 0 Å². The molecule has 0 saturated carbocycles. The Morgan fingerprint density at radius 1 is 0.960 bits per heavy atom. The first-order chi connectivity index (χ1) is 11.9. The first-order valence-electron chi connectivity index (χ1n) is 8.37. The van der Waals surface area contributed by atoms with Crippen molar-refractivity contribution in [2.75, 3.05) is 11.9 Å². The van der Waals surface area contributed by atoms with Gasteiger partial charge < -0.3 is 15.4 Å². The summed E-state index contributed by atoms with van der Waals surface area (Å²) in [5, 5.41) is 5.57. The molecule has 2 N–H and O–H groups in total. The minimum absolute atomic E-state index is 0.298. The van der Waals surface area contributed by atoms with Crippen LogP contribution < -0.4 is 15.4 Å². The largest absolute Gasteiger partial charge is 0.455 e. The van der Waals surface area contributed by atoms with Crippen LogP contribution in [0.4, 0.5) is 5.69 Å². The Labute approximate surface area is 148 Å². The predicted octanol–water partition coefficient (Wildman–Crippen LogP) is 3.97. The van der Waals surface area contributed by atoms with Gasteiger partial charge in [-0.25, -0.2) is 0 Å². The van der Waals surface area contributed by atoms with E-state index < -0.39 is 5.41 Å². The first-order valence-corrected chi connectivity index (χ1v) is 8.37. The molecular weight excluding hydrogens is 316 g/mol. The molecule has 0 aromatic heterocycles. The predicted molar refractivity (Wildman–Crippen MR) is 98.7 cm³/mol. The van der Waals surface area contributed by atoms with E-state index in [0.717, 1.165) is 6.42 Å². The van der Waals surface area contributed by atoms with Crippen LogP contribution in [0.15, 0.2) is 54.6 Å². The number of nitrogens with one attached hydrogen (secondary N) is 2. The van der Waals surface area contributed by atoms with Crippen LogP contribution in [0.3, 0.4) is 0 Å². The second kappa shape index (κ2) is 8.33. The smallest absolute Gasteiger partial charge is 0.239 e. The number of rotatable bonds is 7. The van der Waals surface area contributed by atoms with Crippen LogP contribution in [-0.4, -0.2) is 18.4 Å². The van der Waals surface area contributed by atoms with E-state index in [1.54, 1.807) is 32.0 Å². The number of hydrogen-bond donors (Lipinski definition) is 2. The van der Waals surface area contributed by atoms with Crippen molar-refractivity contribution in [3.05, 3.63) is 54.6 Å². The maximum Gasteiger partial charge on any atom is 0.239 e. The fourth-order valence-electron chi connectivity index (χ4n) is 2.12. The summed E-state index contributed by atoms with van der Waals surface area (Å²) >= 11 is 0. The van der Waals surface area contributed by atoms with Crippen LogP contribution in [0, 0.1) is 5.41 Å². The van der Waals surface area contributed by atoms with Crippen LogP contribution >= 0.6 is 0 Å². The number of ether oxygens (including phenoxy) is 1. The highest BCUT2D eigenvalue weighted by Crippen LogP contribution is 2.30. The van der Waals surface area contributed by atoms with E-state index in [1.807, 2.05) is 43.3 Å². The van der Waals surface area contributed by atoms with Gasteiger partial charge >= 0.3 is 0 Å². The van der Waals surface area contributed by atoms with Crippen LogP contribution in [0.1, 0.15) is 27.2 Å². The lowest BCUT2D eigenvalue weighted by Crippen LogP contribution is -2.45. The summed E-state index contributed by atoms with van der Waals surface area (Å²) < 4.78 is 5.83. The summed E-state index contributed by atoms with van der Waals surface area (Å²) in [4.78, 5) is 24.8. The van der Waals surface area contributed by atoms with Gasteiger partial charge in [-0.2, -0.15) is 0 Å². The molecule has 2 amide bonds. The Balaban J connectivity index is 2.14. The Morgan fingerprint density at radius 2 is 1.60 bits per heavy atom. The van der Waals surface area contributed by atoms with E-state index in [-0.39, 0.29) is 11.8 Å². The van der Waals surface area contributed by atoms with Crippen molar-refractivity contribution in [1.82, 2.24) is 5.32 Å². The molecule has 0 fully saturated rings. The Kier molecular flexibility index (Phi) is 6.17. The zero-order valence-electron chi connectivity index (χ0n) is 14.8. The second-order valence-electron chi connectivity index (χ2n) is 6.25. The zero-order chi connectivity index (χ0) is 18.3. The van der Waals surface area contributed by atoms with Gasteiger partial charge in [-0.05, 0) is 44.5 Å². The third kappa shape index (κ3) is 4.83. The average Bonchev–Trinajstić information content (AvgIpc) is 2.62. The minimum atomic E-state index is -1.19. The molecule has 5 heteroatoms. The molecule has 2 aromatic carbocycles. The highest BCUT2D eigenvalue weighted by Gasteiger charge is 2.36. The number of benzene rings is 2. The van der Waals surface area contributed by atoms with Gasteiger partial charge in [-0.3, -0.25) is 9.59 Å². The summed E-state index contributed by atoms with van der Waals surface area (Å²) in [6, 6.07) is 16.5. The number of hydrogen-bond acceptors (Lipinski definition) is 3. The van der Waals surface area contributed by atoms with Crippen molar-refractivity contribution in [2.45, 2.75) is 27.2 Å². The molecule has 0 saturated heterocycles. The molecule has 5 nitrogen and oxygen atoms in total. The summed E-state index contributed by atoms with van der Waals surface area (Å²) in [6.45, 7) is 5.72. The average molecular weight is 340 g/mol. The minimum Gasteiger partial charge on any atom is -0.455 e. The van der Waals surface area contributed by atoms with Crippen LogP contribution in [0.25, 0.3) is 0 Å². The second-order valence-corrected chi connectivity index (χ2v) is 6.25. The lowest BCUT2D eigenvalue weighted by molar-refractivity contribution is -0.138. The van der Waals surface area contributed by atoms with E-state index in [0.29, 0.717) is 23.7 Å². The van der Waals surface area contributed by atoms with Gasteiger partial charge in [-0.1, -0.05) is 37.3 Å². The number of carbonyl (C=O) groups excluding carboxylic acids is 2. The summed E-state index contributed by atoms with van der Waals surface area (Å²) in [6.07, 6.45) is 0.817. The molecule has 0 bridgehead atoms. The van der Waals surface area contributed by atoms with Gasteiger partial charge in [0.1, 0.15) is 11.2 Å². The van der Waals surface area contributed by atoms with E-state index in [2.05, 4.69) is 10.6 Å². The van der Waals surface area contributed by atoms with E-state index in [9.17, 15) is 9.59 Å². The third-order valence-corrected chi connectivity index (χ3v) is 3.78. The maximum absolute atomic E-state index is 12.6. The standard InChI is InChI=1S/C20H24N2O3/c1-4-14-21-18(23)20(2,3)19(24)22-16-12-8-9-13-17(16)25-15-10-6-5-7-11-15/h5-13H,4,14H2,1-3H3,(H,21,23)(H,22,24). The van der Waals surface area contributed by atoms with Gasteiger partial charge in [0.2, 0.25) is 11.8 Å². The van der Waals surface area contributed by atoms with Crippen molar-refractivity contribution in [2.24, 2.45) is 5.41 Å². The maximum atomic E-state index is 12.6. The Morgan fingerprint density at radius 3 is 2.28 bits per heavy atom. The van der Waals surface area contributed by atoms with Gasteiger partial charge in [0.05, 0.1) is 5.69 Å². The molecule has 2 rings (SSSR count). The highest BCUT2D eigenvalue weighted by atomic mass is 16.5. The number of amides is 2. The molecule has 0 spiro atoms. The first kappa shape index (κ1) is 18.5. The van der Waals surface area contributed by atoms with Gasteiger partial charge in [-0.15, -0.1) is 0 Å². The van der Waals surface area contributed by atoms with Gasteiger partial charge in [0, 0.05) is 6.54 Å². The molecule has 0 aliphatic carbocycles. The van der Waals surface area contributed by atoms with E-state index >= 15 is 0 Å². The number of para-hydroxylation sites is 3.